The molecule has 0 aromatic heterocycles. The minimum Gasteiger partial charge on any atom is -0.508 e. The van der Waals surface area contributed by atoms with Gasteiger partial charge in [0.1, 0.15) is 11.8 Å². The molecule has 0 saturated carbocycles. The maximum atomic E-state index is 13.2. The third-order valence-corrected chi connectivity index (χ3v) is 6.09. The summed E-state index contributed by atoms with van der Waals surface area (Å²) in [7, 11) is 1.58. The molecule has 4 N–H and O–H groups in total. The van der Waals surface area contributed by atoms with Gasteiger partial charge in [0.15, 0.2) is 6.10 Å². The lowest BCUT2D eigenvalue weighted by Crippen LogP contribution is -2.60. The highest BCUT2D eigenvalue weighted by Gasteiger charge is 2.38. The van der Waals surface area contributed by atoms with Crippen molar-refractivity contribution in [2.45, 2.75) is 50.1 Å². The van der Waals surface area contributed by atoms with E-state index in [2.05, 4.69) is 29.8 Å². The van der Waals surface area contributed by atoms with Crippen LogP contribution in [-0.2, 0) is 16.0 Å². The lowest BCUT2D eigenvalue weighted by Gasteiger charge is -2.34. The molecule has 0 aliphatic heterocycles. The number of aromatic hydroxyl groups is 1. The first-order valence-corrected chi connectivity index (χ1v) is 12.0. The van der Waals surface area contributed by atoms with Crippen molar-refractivity contribution in [1.29, 1.82) is 0 Å². The summed E-state index contributed by atoms with van der Waals surface area (Å²) in [4.78, 5) is 40.6. The molecule has 36 heavy (non-hydrogen) atoms. The number of phenolic OH excluding ortho intramolecular Hbond substituents is 1. The first kappa shape index (κ1) is 28.9. The second-order valence-corrected chi connectivity index (χ2v) is 10.4. The van der Waals surface area contributed by atoms with Crippen molar-refractivity contribution < 1.29 is 24.6 Å². The molecule has 0 radical (unpaired) electrons. The van der Waals surface area contributed by atoms with Gasteiger partial charge in [-0.05, 0) is 44.9 Å². The van der Waals surface area contributed by atoms with Crippen molar-refractivity contribution >= 4 is 30.4 Å². The van der Waals surface area contributed by atoms with Crippen LogP contribution in [0.25, 0.3) is 0 Å². The Morgan fingerprint density at radius 3 is 2.33 bits per heavy atom. The van der Waals surface area contributed by atoms with E-state index >= 15 is 0 Å². The Morgan fingerprint density at radius 1 is 1.11 bits per heavy atom. The van der Waals surface area contributed by atoms with E-state index in [9.17, 15) is 24.6 Å². The van der Waals surface area contributed by atoms with Crippen LogP contribution in [0.4, 0.5) is 0 Å². The van der Waals surface area contributed by atoms with Crippen molar-refractivity contribution in [3.8, 4) is 5.75 Å². The number of nitrogens with zero attached hydrogens (tertiary/aromatic N) is 1. The van der Waals surface area contributed by atoms with Crippen molar-refractivity contribution in [3.05, 3.63) is 77.9 Å². The third kappa shape index (κ3) is 7.60. The summed E-state index contributed by atoms with van der Waals surface area (Å²) in [5.41, 5.74) is 1.38. The molecule has 3 amide bonds. The van der Waals surface area contributed by atoms with E-state index in [1.165, 1.54) is 17.0 Å². The SMILES string of the molecule is C=CCN(C)C(=O)[C@@H](NC(=O)[C@@H](O)[C@H](Cc1ccccc1)NC(=O)c1cccc(O)c1C)C(C)(C)S. The van der Waals surface area contributed by atoms with Gasteiger partial charge in [-0.2, -0.15) is 12.6 Å². The number of hydrogen-bond acceptors (Lipinski definition) is 6. The Kier molecular flexibility index (Phi) is 10.1. The number of aliphatic hydroxyl groups is 1. The number of rotatable bonds is 11. The predicted octanol–water partition coefficient (Wildman–Crippen LogP) is 2.24. The van der Waals surface area contributed by atoms with Crippen LogP contribution in [0, 0.1) is 6.92 Å². The lowest BCUT2D eigenvalue weighted by molar-refractivity contribution is -0.139. The van der Waals surface area contributed by atoms with Crippen LogP contribution in [0.2, 0.25) is 0 Å². The largest absolute Gasteiger partial charge is 0.508 e. The summed E-state index contributed by atoms with van der Waals surface area (Å²) in [5, 5.41) is 26.4. The van der Waals surface area contributed by atoms with Gasteiger partial charge in [-0.1, -0.05) is 42.5 Å². The Hall–Kier alpha value is -3.30. The van der Waals surface area contributed by atoms with Crippen LogP contribution < -0.4 is 10.6 Å². The van der Waals surface area contributed by atoms with E-state index in [-0.39, 0.29) is 24.3 Å². The highest BCUT2D eigenvalue weighted by molar-refractivity contribution is 7.81. The fourth-order valence-corrected chi connectivity index (χ4v) is 3.86. The van der Waals surface area contributed by atoms with Crippen LogP contribution in [0.5, 0.6) is 5.75 Å². The molecule has 0 heterocycles. The molecule has 0 bridgehead atoms. The molecule has 194 valence electrons. The van der Waals surface area contributed by atoms with E-state index in [1.807, 2.05) is 30.3 Å². The third-order valence-electron chi connectivity index (χ3n) is 5.83. The van der Waals surface area contributed by atoms with Gasteiger partial charge < -0.3 is 25.7 Å². The van der Waals surface area contributed by atoms with Crippen LogP contribution in [-0.4, -0.2) is 69.4 Å². The van der Waals surface area contributed by atoms with Crippen molar-refractivity contribution in [2.24, 2.45) is 0 Å². The van der Waals surface area contributed by atoms with E-state index in [0.29, 0.717) is 5.56 Å². The van der Waals surface area contributed by atoms with Gasteiger partial charge >= 0.3 is 0 Å². The molecule has 0 spiro atoms. The molecule has 8 nitrogen and oxygen atoms in total. The highest BCUT2D eigenvalue weighted by atomic mass is 32.1. The number of carbonyl (C=O) groups excluding carboxylic acids is 3. The maximum Gasteiger partial charge on any atom is 0.252 e. The number of benzene rings is 2. The molecule has 2 aromatic carbocycles. The Labute approximate surface area is 217 Å². The number of nitrogens with one attached hydrogen (secondary N) is 2. The smallest absolute Gasteiger partial charge is 0.252 e. The molecule has 0 aliphatic carbocycles. The highest BCUT2D eigenvalue weighted by Crippen LogP contribution is 2.21. The van der Waals surface area contributed by atoms with Crippen LogP contribution in [0.3, 0.4) is 0 Å². The van der Waals surface area contributed by atoms with Crippen molar-refractivity contribution in [1.82, 2.24) is 15.5 Å². The quantitative estimate of drug-likeness (QED) is 0.233. The van der Waals surface area contributed by atoms with Gasteiger partial charge in [-0.15, -0.1) is 6.58 Å². The zero-order valence-electron chi connectivity index (χ0n) is 21.1. The fraction of sp³-hybridized carbons (Fsp3) is 0.370. The molecule has 0 saturated heterocycles. The number of thiol groups is 1. The number of phenols is 1. The van der Waals surface area contributed by atoms with Crippen LogP contribution in [0.1, 0.15) is 35.3 Å². The monoisotopic (exact) mass is 513 g/mol. The molecule has 2 rings (SSSR count). The second-order valence-electron chi connectivity index (χ2n) is 9.27. The summed E-state index contributed by atoms with van der Waals surface area (Å²) >= 11 is 4.49. The topological polar surface area (TPSA) is 119 Å². The summed E-state index contributed by atoms with van der Waals surface area (Å²) < 4.78 is -0.946. The maximum absolute atomic E-state index is 13.2. The van der Waals surface area contributed by atoms with E-state index in [1.54, 1.807) is 40.0 Å². The molecule has 0 unspecified atom stereocenters. The van der Waals surface area contributed by atoms with Gasteiger partial charge in [-0.3, -0.25) is 14.4 Å². The van der Waals surface area contributed by atoms with Crippen LogP contribution in [0.15, 0.2) is 61.2 Å². The van der Waals surface area contributed by atoms with Gasteiger partial charge in [0.05, 0.1) is 6.04 Å². The minimum atomic E-state index is -1.68. The molecule has 0 aliphatic rings. The van der Waals surface area contributed by atoms with Gasteiger partial charge in [0.2, 0.25) is 5.91 Å². The van der Waals surface area contributed by atoms with E-state index in [0.717, 1.165) is 5.56 Å². The summed E-state index contributed by atoms with van der Waals surface area (Å²) in [6.07, 6.45) is 0.0342. The number of hydrogen-bond donors (Lipinski definition) is 5. The Balaban J connectivity index is 2.32. The Morgan fingerprint density at radius 2 is 1.75 bits per heavy atom. The summed E-state index contributed by atoms with van der Waals surface area (Å²) in [6.45, 7) is 8.86. The molecule has 2 aromatic rings. The lowest BCUT2D eigenvalue weighted by atomic mass is 9.97. The standard InChI is InChI=1S/C27H35N3O5S/c1-6-15-30(5)26(35)23(27(3,4)36)29-25(34)22(32)20(16-18-11-8-7-9-12-18)28-24(33)19-13-10-14-21(31)17(19)2/h6-14,20,22-23,31-32,36H,1,15-16H2,2-5H3,(H,28,33)(H,29,34)/t20-,22-,23+/m0/s1. The molecule has 9 heteroatoms. The first-order chi connectivity index (χ1) is 16.9. The predicted molar refractivity (Wildman–Crippen MR) is 143 cm³/mol. The molecular formula is C27H35N3O5S. The minimum absolute atomic E-state index is 0.0402. The zero-order chi connectivity index (χ0) is 27.0. The number of amides is 3. The van der Waals surface area contributed by atoms with Gasteiger partial charge in [0.25, 0.3) is 11.8 Å². The van der Waals surface area contributed by atoms with E-state index in [4.69, 9.17) is 0 Å². The van der Waals surface area contributed by atoms with Crippen molar-refractivity contribution in [3.63, 3.8) is 0 Å². The number of likely N-dealkylation sites (N-methyl/N-ethyl adjacent to an activating group) is 1. The fourth-order valence-electron chi connectivity index (χ4n) is 3.68. The Bertz CT molecular complexity index is 1080. The van der Waals surface area contributed by atoms with Crippen molar-refractivity contribution in [2.75, 3.05) is 13.6 Å². The normalized spacial score (nSPS) is 13.7. The summed E-state index contributed by atoms with van der Waals surface area (Å²) in [6, 6.07) is 11.6. The number of carbonyl (C=O) groups is 3. The summed E-state index contributed by atoms with van der Waals surface area (Å²) in [5.74, 6) is -1.81. The molecular weight excluding hydrogens is 478 g/mol. The van der Waals surface area contributed by atoms with Gasteiger partial charge in [-0.25, -0.2) is 0 Å². The van der Waals surface area contributed by atoms with E-state index < -0.39 is 40.7 Å². The van der Waals surface area contributed by atoms with Gasteiger partial charge in [0, 0.05) is 29.5 Å². The van der Waals surface area contributed by atoms with Crippen LogP contribution >= 0.6 is 12.6 Å². The average molecular weight is 514 g/mol. The molecule has 0 fully saturated rings. The second kappa shape index (κ2) is 12.6. The number of aliphatic hydroxyl groups excluding tert-OH is 1. The zero-order valence-corrected chi connectivity index (χ0v) is 22.0. The first-order valence-electron chi connectivity index (χ1n) is 11.6. The molecule has 3 atom stereocenters. The average Bonchev–Trinajstić information content (AvgIpc) is 2.82.